The van der Waals surface area contributed by atoms with E-state index >= 15 is 0 Å². The molecule has 2 heterocycles. The lowest BCUT2D eigenvalue weighted by Gasteiger charge is -2.35. The number of piperidine rings is 1. The lowest BCUT2D eigenvalue weighted by atomic mass is 9.96. The van der Waals surface area contributed by atoms with Gasteiger partial charge >= 0.3 is 6.09 Å². The van der Waals surface area contributed by atoms with Crippen LogP contribution >= 0.6 is 0 Å². The van der Waals surface area contributed by atoms with Crippen LogP contribution in [-0.2, 0) is 11.3 Å². The Morgan fingerprint density at radius 2 is 1.76 bits per heavy atom. The minimum absolute atomic E-state index is 0.0491. The summed E-state index contributed by atoms with van der Waals surface area (Å²) in [6.07, 6.45) is 4.46. The first kappa shape index (κ1) is 19.0. The molecule has 5 nitrogen and oxygen atoms in total. The third-order valence-electron chi connectivity index (χ3n) is 5.18. The smallest absolute Gasteiger partial charge is 0.410 e. The van der Waals surface area contributed by atoms with E-state index in [-0.39, 0.29) is 18.7 Å². The van der Waals surface area contributed by atoms with Crippen LogP contribution in [0.4, 0.5) is 16.3 Å². The van der Waals surface area contributed by atoms with Crippen molar-refractivity contribution < 1.29 is 9.53 Å². The van der Waals surface area contributed by atoms with Gasteiger partial charge in [0.15, 0.2) is 0 Å². The number of hydrogen-bond acceptors (Lipinski definition) is 4. The van der Waals surface area contributed by atoms with Crippen LogP contribution in [0.2, 0.25) is 0 Å². The van der Waals surface area contributed by atoms with Crippen molar-refractivity contribution in [2.45, 2.75) is 31.9 Å². The van der Waals surface area contributed by atoms with Gasteiger partial charge in [-0.15, -0.1) is 0 Å². The Hall–Kier alpha value is -3.34. The van der Waals surface area contributed by atoms with Crippen molar-refractivity contribution >= 4 is 17.6 Å². The van der Waals surface area contributed by atoms with E-state index < -0.39 is 0 Å². The number of anilines is 2. The normalized spacial score (nSPS) is 16.3. The van der Waals surface area contributed by atoms with E-state index in [2.05, 4.69) is 10.3 Å². The lowest BCUT2D eigenvalue weighted by molar-refractivity contribution is 0.0680. The highest BCUT2D eigenvalue weighted by atomic mass is 16.6. The van der Waals surface area contributed by atoms with E-state index in [1.807, 2.05) is 77.7 Å². The number of nitrogens with zero attached hydrogens (tertiary/aromatic N) is 2. The van der Waals surface area contributed by atoms with Crippen molar-refractivity contribution in [1.29, 1.82) is 0 Å². The molecule has 0 radical (unpaired) electrons. The van der Waals surface area contributed by atoms with Crippen molar-refractivity contribution in [3.63, 3.8) is 0 Å². The number of pyridine rings is 1. The number of ether oxygens (including phenoxy) is 1. The van der Waals surface area contributed by atoms with Crippen LogP contribution in [0.1, 0.15) is 36.4 Å². The fourth-order valence-electron chi connectivity index (χ4n) is 3.72. The molecule has 1 atom stereocenters. The Morgan fingerprint density at radius 1 is 1.00 bits per heavy atom. The fraction of sp³-hybridized carbons (Fsp3) is 0.250. The molecule has 148 valence electrons. The summed E-state index contributed by atoms with van der Waals surface area (Å²) >= 11 is 0. The number of aromatic nitrogens is 1. The predicted octanol–water partition coefficient (Wildman–Crippen LogP) is 5.69. The molecule has 0 saturated carbocycles. The van der Waals surface area contributed by atoms with Gasteiger partial charge in [0.25, 0.3) is 0 Å². The van der Waals surface area contributed by atoms with E-state index in [9.17, 15) is 4.79 Å². The zero-order valence-corrected chi connectivity index (χ0v) is 16.3. The minimum atomic E-state index is -0.270. The Labute approximate surface area is 171 Å². The molecular weight excluding hydrogens is 362 g/mol. The van der Waals surface area contributed by atoms with Gasteiger partial charge in [-0.2, -0.15) is 0 Å². The molecule has 0 bridgehead atoms. The number of carbonyl (C=O) groups excluding carboxylic acids is 1. The molecule has 2 aromatic carbocycles. The number of carbonyl (C=O) groups is 1. The van der Waals surface area contributed by atoms with Crippen LogP contribution < -0.4 is 5.32 Å². The molecule has 1 aliphatic heterocycles. The number of para-hydroxylation sites is 1. The number of rotatable bonds is 5. The Bertz CT molecular complexity index is 931. The monoisotopic (exact) mass is 387 g/mol. The summed E-state index contributed by atoms with van der Waals surface area (Å²) in [7, 11) is 0. The molecule has 1 N–H and O–H groups in total. The molecule has 1 fully saturated rings. The van der Waals surface area contributed by atoms with E-state index in [4.69, 9.17) is 4.74 Å². The average molecular weight is 387 g/mol. The number of amides is 1. The van der Waals surface area contributed by atoms with Crippen LogP contribution in [0.15, 0.2) is 79.0 Å². The molecule has 1 aromatic heterocycles. The summed E-state index contributed by atoms with van der Waals surface area (Å²) in [4.78, 5) is 19.3. The SMILES string of the molecule is O=C(OCc1ccccc1)N1CCCC[C@@H]1c1cccnc1Nc1ccccc1. The number of hydrogen-bond donors (Lipinski definition) is 1. The first-order valence-corrected chi connectivity index (χ1v) is 10.1. The highest BCUT2D eigenvalue weighted by Crippen LogP contribution is 2.35. The van der Waals surface area contributed by atoms with Gasteiger partial charge in [-0.1, -0.05) is 54.6 Å². The maximum absolute atomic E-state index is 12.9. The Morgan fingerprint density at radius 3 is 2.55 bits per heavy atom. The second-order valence-electron chi connectivity index (χ2n) is 7.18. The van der Waals surface area contributed by atoms with E-state index in [0.717, 1.165) is 41.9 Å². The van der Waals surface area contributed by atoms with Crippen LogP contribution in [0.3, 0.4) is 0 Å². The molecule has 3 aromatic rings. The van der Waals surface area contributed by atoms with Gasteiger partial charge in [-0.25, -0.2) is 9.78 Å². The van der Waals surface area contributed by atoms with E-state index in [1.54, 1.807) is 6.20 Å². The van der Waals surface area contributed by atoms with Gasteiger partial charge in [-0.05, 0) is 43.0 Å². The van der Waals surface area contributed by atoms with Crippen LogP contribution in [0.25, 0.3) is 0 Å². The zero-order valence-electron chi connectivity index (χ0n) is 16.3. The van der Waals surface area contributed by atoms with Crippen molar-refractivity contribution in [3.05, 3.63) is 90.1 Å². The van der Waals surface area contributed by atoms with Gasteiger partial charge in [0, 0.05) is 24.0 Å². The summed E-state index contributed by atoms with van der Waals surface area (Å²) in [6, 6.07) is 23.7. The molecule has 4 rings (SSSR count). The second kappa shape index (κ2) is 9.24. The quantitative estimate of drug-likeness (QED) is 0.611. The predicted molar refractivity (Wildman–Crippen MR) is 114 cm³/mol. The molecule has 29 heavy (non-hydrogen) atoms. The number of nitrogens with one attached hydrogen (secondary N) is 1. The van der Waals surface area contributed by atoms with Crippen molar-refractivity contribution in [2.24, 2.45) is 0 Å². The lowest BCUT2D eigenvalue weighted by Crippen LogP contribution is -2.39. The van der Waals surface area contributed by atoms with Gasteiger partial charge in [0.05, 0.1) is 6.04 Å². The molecule has 0 aliphatic carbocycles. The number of likely N-dealkylation sites (tertiary alicyclic amines) is 1. The largest absolute Gasteiger partial charge is 0.445 e. The first-order chi connectivity index (χ1) is 14.3. The van der Waals surface area contributed by atoms with Crippen LogP contribution in [0.5, 0.6) is 0 Å². The Kier molecular flexibility index (Phi) is 6.05. The van der Waals surface area contributed by atoms with Gasteiger partial charge in [-0.3, -0.25) is 0 Å². The van der Waals surface area contributed by atoms with Crippen LogP contribution in [-0.4, -0.2) is 22.5 Å². The summed E-state index contributed by atoms with van der Waals surface area (Å²) < 4.78 is 5.62. The van der Waals surface area contributed by atoms with Gasteiger partial charge in [0.2, 0.25) is 0 Å². The van der Waals surface area contributed by atoms with E-state index in [1.165, 1.54) is 0 Å². The summed E-state index contributed by atoms with van der Waals surface area (Å²) in [5.41, 5.74) is 2.98. The number of benzene rings is 2. The molecule has 5 heteroatoms. The Balaban J connectivity index is 1.52. The molecule has 0 unspecified atom stereocenters. The summed E-state index contributed by atoms with van der Waals surface area (Å²) in [6.45, 7) is 0.975. The van der Waals surface area contributed by atoms with Crippen molar-refractivity contribution in [1.82, 2.24) is 9.88 Å². The van der Waals surface area contributed by atoms with Crippen molar-refractivity contribution in [2.75, 3.05) is 11.9 Å². The maximum atomic E-state index is 12.9. The third kappa shape index (κ3) is 4.74. The minimum Gasteiger partial charge on any atom is -0.445 e. The molecule has 1 aliphatic rings. The molecule has 1 amide bonds. The summed E-state index contributed by atoms with van der Waals surface area (Å²) in [5, 5.41) is 3.40. The maximum Gasteiger partial charge on any atom is 0.410 e. The zero-order chi connectivity index (χ0) is 19.9. The second-order valence-corrected chi connectivity index (χ2v) is 7.18. The van der Waals surface area contributed by atoms with E-state index in [0.29, 0.717) is 6.54 Å². The van der Waals surface area contributed by atoms with Gasteiger partial charge < -0.3 is 15.0 Å². The molecular formula is C24H25N3O2. The first-order valence-electron chi connectivity index (χ1n) is 10.1. The molecule has 0 spiro atoms. The standard InChI is InChI=1S/C24H25N3O2/c28-24(29-18-19-10-3-1-4-11-19)27-17-8-7-15-22(27)21-14-9-16-25-23(21)26-20-12-5-2-6-13-20/h1-6,9-14,16,22H,7-8,15,17-18H2,(H,25,26)/t22-/m1/s1. The summed E-state index contributed by atoms with van der Waals surface area (Å²) in [5.74, 6) is 0.784. The average Bonchev–Trinajstić information content (AvgIpc) is 2.79. The highest BCUT2D eigenvalue weighted by molar-refractivity contribution is 5.69. The third-order valence-corrected chi connectivity index (χ3v) is 5.18. The highest BCUT2D eigenvalue weighted by Gasteiger charge is 2.31. The van der Waals surface area contributed by atoms with Crippen molar-refractivity contribution in [3.8, 4) is 0 Å². The fourth-order valence-corrected chi connectivity index (χ4v) is 3.72. The van der Waals surface area contributed by atoms with Crippen LogP contribution in [0, 0.1) is 0 Å². The topological polar surface area (TPSA) is 54.5 Å². The molecule has 1 saturated heterocycles. The van der Waals surface area contributed by atoms with Gasteiger partial charge in [0.1, 0.15) is 12.4 Å².